The van der Waals surface area contributed by atoms with Crippen LogP contribution in [0.2, 0.25) is 0 Å². The van der Waals surface area contributed by atoms with Crippen molar-refractivity contribution in [3.8, 4) is 11.4 Å². The minimum atomic E-state index is -0.182. The van der Waals surface area contributed by atoms with Gasteiger partial charge in [-0.05, 0) is 44.6 Å². The minimum absolute atomic E-state index is 0.115. The van der Waals surface area contributed by atoms with Gasteiger partial charge in [-0.3, -0.25) is 9.78 Å². The van der Waals surface area contributed by atoms with Gasteiger partial charge in [0.15, 0.2) is 0 Å². The highest BCUT2D eigenvalue weighted by Crippen LogP contribution is 2.25. The van der Waals surface area contributed by atoms with E-state index in [-0.39, 0.29) is 11.0 Å². The van der Waals surface area contributed by atoms with Crippen molar-refractivity contribution in [3.05, 3.63) is 42.6 Å². The molecule has 0 saturated heterocycles. The van der Waals surface area contributed by atoms with Crippen LogP contribution in [0, 0.1) is 3.57 Å². The standard InChI is InChI=1S/C13H13BrIN3O/c1-13(2,3)10-9(15)12(19)18-11(17-10)7-4-8(14)6-16-5-7/h4-6H,1-3H3,(H,17,18,19). The number of rotatable bonds is 1. The van der Waals surface area contributed by atoms with Crippen LogP contribution < -0.4 is 5.56 Å². The second kappa shape index (κ2) is 5.32. The third-order valence-electron chi connectivity index (χ3n) is 2.55. The maximum Gasteiger partial charge on any atom is 0.264 e. The summed E-state index contributed by atoms with van der Waals surface area (Å²) in [6.45, 7) is 6.12. The average Bonchev–Trinajstić information content (AvgIpc) is 2.31. The van der Waals surface area contributed by atoms with Crippen molar-refractivity contribution in [3.63, 3.8) is 0 Å². The second-order valence-electron chi connectivity index (χ2n) is 5.22. The van der Waals surface area contributed by atoms with Crippen LogP contribution in [-0.4, -0.2) is 15.0 Å². The number of aromatic amines is 1. The van der Waals surface area contributed by atoms with Crippen LogP contribution in [-0.2, 0) is 5.41 Å². The topological polar surface area (TPSA) is 58.6 Å². The van der Waals surface area contributed by atoms with E-state index < -0.39 is 0 Å². The molecule has 0 fully saturated rings. The fraction of sp³-hybridized carbons (Fsp3) is 0.308. The minimum Gasteiger partial charge on any atom is -0.306 e. The Morgan fingerprint density at radius 1 is 1.32 bits per heavy atom. The second-order valence-corrected chi connectivity index (χ2v) is 7.21. The van der Waals surface area contributed by atoms with Gasteiger partial charge in [-0.25, -0.2) is 4.98 Å². The van der Waals surface area contributed by atoms with Crippen LogP contribution in [0.5, 0.6) is 0 Å². The predicted octanol–water partition coefficient (Wildman–Crippen LogP) is 3.50. The molecule has 0 saturated carbocycles. The van der Waals surface area contributed by atoms with Gasteiger partial charge in [0.2, 0.25) is 0 Å². The number of aromatic nitrogens is 3. The largest absolute Gasteiger partial charge is 0.306 e. The molecule has 2 rings (SSSR count). The molecular weight excluding hydrogens is 421 g/mol. The van der Waals surface area contributed by atoms with Crippen molar-refractivity contribution in [2.75, 3.05) is 0 Å². The first-order valence-electron chi connectivity index (χ1n) is 5.70. The van der Waals surface area contributed by atoms with E-state index in [0.29, 0.717) is 9.39 Å². The molecule has 2 aromatic rings. The van der Waals surface area contributed by atoms with Crippen molar-refractivity contribution in [1.82, 2.24) is 15.0 Å². The van der Waals surface area contributed by atoms with E-state index in [1.807, 2.05) is 49.4 Å². The Kier molecular flexibility index (Phi) is 4.10. The van der Waals surface area contributed by atoms with Crippen LogP contribution in [0.1, 0.15) is 26.5 Å². The Morgan fingerprint density at radius 2 is 2.00 bits per heavy atom. The average molecular weight is 434 g/mol. The molecule has 0 aliphatic carbocycles. The molecule has 0 unspecified atom stereocenters. The highest BCUT2D eigenvalue weighted by Gasteiger charge is 2.22. The smallest absolute Gasteiger partial charge is 0.264 e. The summed E-state index contributed by atoms with van der Waals surface area (Å²) in [5.74, 6) is 0.546. The number of halogens is 2. The van der Waals surface area contributed by atoms with Crippen molar-refractivity contribution >= 4 is 38.5 Å². The molecule has 6 heteroatoms. The SMILES string of the molecule is CC(C)(C)c1nc(-c2cncc(Br)c2)[nH]c(=O)c1I. The van der Waals surface area contributed by atoms with E-state index >= 15 is 0 Å². The summed E-state index contributed by atoms with van der Waals surface area (Å²) in [5.41, 5.74) is 1.29. The summed E-state index contributed by atoms with van der Waals surface area (Å²) in [6.07, 6.45) is 3.38. The van der Waals surface area contributed by atoms with Crippen LogP contribution in [0.4, 0.5) is 0 Å². The number of H-pyrrole nitrogens is 1. The highest BCUT2D eigenvalue weighted by molar-refractivity contribution is 14.1. The lowest BCUT2D eigenvalue weighted by atomic mass is 9.92. The van der Waals surface area contributed by atoms with Crippen LogP contribution in [0.3, 0.4) is 0 Å². The van der Waals surface area contributed by atoms with Gasteiger partial charge < -0.3 is 4.98 Å². The van der Waals surface area contributed by atoms with Crippen molar-refractivity contribution in [2.24, 2.45) is 0 Å². The van der Waals surface area contributed by atoms with Gasteiger partial charge in [-0.15, -0.1) is 0 Å². The molecular formula is C13H13BrIN3O. The molecule has 2 aromatic heterocycles. The lowest BCUT2D eigenvalue weighted by Gasteiger charge is -2.19. The first-order valence-corrected chi connectivity index (χ1v) is 7.57. The number of hydrogen-bond donors (Lipinski definition) is 1. The molecule has 19 heavy (non-hydrogen) atoms. The molecule has 100 valence electrons. The lowest BCUT2D eigenvalue weighted by Crippen LogP contribution is -2.24. The zero-order chi connectivity index (χ0) is 14.2. The molecule has 0 amide bonds. The van der Waals surface area contributed by atoms with Crippen molar-refractivity contribution in [1.29, 1.82) is 0 Å². The maximum absolute atomic E-state index is 12.0. The molecule has 0 aliphatic heterocycles. The fourth-order valence-corrected chi connectivity index (χ4v) is 3.06. The van der Waals surface area contributed by atoms with Gasteiger partial charge in [0.25, 0.3) is 5.56 Å². The maximum atomic E-state index is 12.0. The summed E-state index contributed by atoms with van der Waals surface area (Å²) < 4.78 is 1.49. The summed E-state index contributed by atoms with van der Waals surface area (Å²) in [6, 6.07) is 1.88. The van der Waals surface area contributed by atoms with Crippen molar-refractivity contribution in [2.45, 2.75) is 26.2 Å². The lowest BCUT2D eigenvalue weighted by molar-refractivity contribution is 0.562. The van der Waals surface area contributed by atoms with Gasteiger partial charge in [0.1, 0.15) is 9.39 Å². The fourth-order valence-electron chi connectivity index (χ4n) is 1.63. The predicted molar refractivity (Wildman–Crippen MR) is 87.2 cm³/mol. The molecule has 0 aromatic carbocycles. The van der Waals surface area contributed by atoms with E-state index in [1.54, 1.807) is 12.4 Å². The van der Waals surface area contributed by atoms with Gasteiger partial charge in [0.05, 0.1) is 5.69 Å². The Morgan fingerprint density at radius 3 is 2.58 bits per heavy atom. The first kappa shape index (κ1) is 14.6. The number of nitrogens with one attached hydrogen (secondary N) is 1. The molecule has 0 bridgehead atoms. The van der Waals surface area contributed by atoms with E-state index in [2.05, 4.69) is 30.9 Å². The van der Waals surface area contributed by atoms with Crippen LogP contribution in [0.15, 0.2) is 27.7 Å². The van der Waals surface area contributed by atoms with Crippen LogP contribution in [0.25, 0.3) is 11.4 Å². The third-order valence-corrected chi connectivity index (χ3v) is 3.99. The number of hydrogen-bond acceptors (Lipinski definition) is 3. The molecule has 0 spiro atoms. The summed E-state index contributed by atoms with van der Waals surface area (Å²) in [5, 5.41) is 0. The molecule has 0 atom stereocenters. The van der Waals surface area contributed by atoms with Gasteiger partial charge >= 0.3 is 0 Å². The van der Waals surface area contributed by atoms with E-state index in [9.17, 15) is 4.79 Å². The number of nitrogens with zero attached hydrogens (tertiary/aromatic N) is 2. The van der Waals surface area contributed by atoms with E-state index in [4.69, 9.17) is 0 Å². The molecule has 0 aliphatic rings. The zero-order valence-corrected chi connectivity index (χ0v) is 14.5. The van der Waals surface area contributed by atoms with Gasteiger partial charge in [0, 0.05) is 27.8 Å². The summed E-state index contributed by atoms with van der Waals surface area (Å²) in [7, 11) is 0. The third kappa shape index (κ3) is 3.22. The Balaban J connectivity index is 2.67. The normalized spacial score (nSPS) is 11.6. The first-order chi connectivity index (χ1) is 8.79. The monoisotopic (exact) mass is 433 g/mol. The van der Waals surface area contributed by atoms with Gasteiger partial charge in [-0.1, -0.05) is 20.8 Å². The zero-order valence-electron chi connectivity index (χ0n) is 10.8. The quantitative estimate of drug-likeness (QED) is 0.700. The summed E-state index contributed by atoms with van der Waals surface area (Å²) in [4.78, 5) is 23.5. The molecule has 0 radical (unpaired) electrons. The Hall–Kier alpha value is -0.760. The van der Waals surface area contributed by atoms with Crippen LogP contribution >= 0.6 is 38.5 Å². The highest BCUT2D eigenvalue weighted by atomic mass is 127. The molecule has 4 nitrogen and oxygen atoms in total. The van der Waals surface area contributed by atoms with E-state index in [1.165, 1.54) is 0 Å². The Labute approximate surface area is 133 Å². The summed E-state index contributed by atoms with van der Waals surface area (Å²) >= 11 is 5.41. The molecule has 2 heterocycles. The van der Waals surface area contributed by atoms with Gasteiger partial charge in [-0.2, -0.15) is 0 Å². The Bertz CT molecular complexity index is 676. The molecule has 1 N–H and O–H groups in total. The van der Waals surface area contributed by atoms with E-state index in [0.717, 1.165) is 15.7 Å². The van der Waals surface area contributed by atoms with Crippen molar-refractivity contribution < 1.29 is 0 Å². The number of pyridine rings is 1.